The van der Waals surface area contributed by atoms with Crippen LogP contribution in [-0.4, -0.2) is 36.7 Å². The zero-order valence-electron chi connectivity index (χ0n) is 13.1. The van der Waals surface area contributed by atoms with E-state index in [0.29, 0.717) is 6.54 Å². The van der Waals surface area contributed by atoms with E-state index in [-0.39, 0.29) is 18.7 Å². The van der Waals surface area contributed by atoms with Gasteiger partial charge in [-0.25, -0.2) is 4.79 Å². The molecule has 0 spiro atoms. The molecule has 1 amide bonds. The van der Waals surface area contributed by atoms with Crippen molar-refractivity contribution in [3.8, 4) is 0 Å². The Labute approximate surface area is 125 Å². The van der Waals surface area contributed by atoms with Gasteiger partial charge in [0.2, 0.25) is 0 Å². The average Bonchev–Trinajstić information content (AvgIpc) is 2.44. The Morgan fingerprint density at radius 2 is 1.76 bits per heavy atom. The number of hydrogen-bond donors (Lipinski definition) is 0. The fourth-order valence-electron chi connectivity index (χ4n) is 1.91. The molecule has 0 radical (unpaired) electrons. The number of hydrogen-bond acceptors (Lipinski definition) is 4. The van der Waals surface area contributed by atoms with Gasteiger partial charge in [0.25, 0.3) is 0 Å². The molecule has 0 fully saturated rings. The first-order valence-corrected chi connectivity index (χ1v) is 7.05. The van der Waals surface area contributed by atoms with Crippen LogP contribution in [0.2, 0.25) is 0 Å². The lowest BCUT2D eigenvalue weighted by atomic mass is 10.1. The monoisotopic (exact) mass is 293 g/mol. The van der Waals surface area contributed by atoms with Crippen LogP contribution in [0.4, 0.5) is 4.79 Å². The minimum absolute atomic E-state index is 0.231. The Balaban J connectivity index is 2.39. The summed E-state index contributed by atoms with van der Waals surface area (Å²) in [5.74, 6) is -0.361. The number of esters is 1. The number of aryl methyl sites for hydroxylation is 1. The van der Waals surface area contributed by atoms with Crippen molar-refractivity contribution < 1.29 is 19.1 Å². The Hall–Kier alpha value is -2.04. The molecule has 0 saturated heterocycles. The first-order valence-electron chi connectivity index (χ1n) is 7.05. The number of rotatable bonds is 6. The third kappa shape index (κ3) is 6.29. The van der Waals surface area contributed by atoms with Gasteiger partial charge in [0.15, 0.2) is 0 Å². The Morgan fingerprint density at radius 1 is 1.19 bits per heavy atom. The second kappa shape index (κ2) is 8.29. The van der Waals surface area contributed by atoms with Gasteiger partial charge in [-0.1, -0.05) is 31.2 Å². The summed E-state index contributed by atoms with van der Waals surface area (Å²) in [6.45, 7) is 5.69. The van der Waals surface area contributed by atoms with Gasteiger partial charge >= 0.3 is 12.1 Å². The van der Waals surface area contributed by atoms with E-state index in [4.69, 9.17) is 9.47 Å². The lowest BCUT2D eigenvalue weighted by Gasteiger charge is -2.21. The van der Waals surface area contributed by atoms with Crippen LogP contribution in [-0.2, 0) is 27.3 Å². The molecule has 0 aliphatic rings. The Bertz CT molecular complexity index is 470. The van der Waals surface area contributed by atoms with Gasteiger partial charge < -0.3 is 14.4 Å². The molecule has 5 nitrogen and oxygen atoms in total. The third-order valence-electron chi connectivity index (χ3n) is 3.00. The van der Waals surface area contributed by atoms with E-state index in [1.807, 2.05) is 24.3 Å². The number of carbonyl (C=O) groups excluding carboxylic acids is 2. The fraction of sp³-hybridized carbons (Fsp3) is 0.500. The van der Waals surface area contributed by atoms with Crippen molar-refractivity contribution in [1.29, 1.82) is 0 Å². The van der Waals surface area contributed by atoms with Crippen molar-refractivity contribution in [2.24, 2.45) is 0 Å². The van der Waals surface area contributed by atoms with Gasteiger partial charge in [-0.05, 0) is 24.5 Å². The van der Waals surface area contributed by atoms with Gasteiger partial charge in [-0.2, -0.15) is 0 Å². The number of carbonyl (C=O) groups is 2. The van der Waals surface area contributed by atoms with Crippen LogP contribution in [0.1, 0.15) is 31.9 Å². The van der Waals surface area contributed by atoms with Crippen molar-refractivity contribution >= 4 is 12.1 Å². The predicted molar refractivity (Wildman–Crippen MR) is 79.9 cm³/mol. The molecule has 116 valence electrons. The largest absolute Gasteiger partial charge is 0.461 e. The van der Waals surface area contributed by atoms with Crippen molar-refractivity contribution in [3.63, 3.8) is 0 Å². The molecule has 0 aliphatic heterocycles. The minimum Gasteiger partial charge on any atom is -0.461 e. The van der Waals surface area contributed by atoms with Crippen LogP contribution in [0.5, 0.6) is 0 Å². The molecule has 0 heterocycles. The van der Waals surface area contributed by atoms with Crippen LogP contribution in [0.25, 0.3) is 0 Å². The van der Waals surface area contributed by atoms with Crippen molar-refractivity contribution in [2.75, 3.05) is 13.6 Å². The van der Waals surface area contributed by atoms with Gasteiger partial charge in [0.1, 0.15) is 12.7 Å². The molecule has 1 aromatic rings. The average molecular weight is 293 g/mol. The van der Waals surface area contributed by atoms with Crippen LogP contribution < -0.4 is 0 Å². The number of amides is 1. The lowest BCUT2D eigenvalue weighted by Crippen LogP contribution is -2.35. The van der Waals surface area contributed by atoms with E-state index >= 15 is 0 Å². The van der Waals surface area contributed by atoms with E-state index in [1.54, 1.807) is 14.0 Å². The van der Waals surface area contributed by atoms with Crippen LogP contribution in [0.3, 0.4) is 0 Å². The molecular weight excluding hydrogens is 270 g/mol. The van der Waals surface area contributed by atoms with E-state index < -0.39 is 6.09 Å². The molecule has 0 aromatic heterocycles. The molecule has 0 bridgehead atoms. The number of ether oxygens (including phenoxy) is 2. The highest BCUT2D eigenvalue weighted by molar-refractivity contribution is 5.68. The predicted octanol–water partition coefficient (Wildman–Crippen LogP) is 2.77. The maximum Gasteiger partial charge on any atom is 0.409 e. The Morgan fingerprint density at radius 3 is 2.29 bits per heavy atom. The summed E-state index contributed by atoms with van der Waals surface area (Å²) >= 11 is 0. The molecular formula is C16H23NO4. The number of benzene rings is 1. The normalized spacial score (nSPS) is 11.6. The van der Waals surface area contributed by atoms with E-state index in [0.717, 1.165) is 12.0 Å². The molecule has 1 atom stereocenters. The lowest BCUT2D eigenvalue weighted by molar-refractivity contribution is -0.146. The standard InChI is InChI=1S/C16H23NO4/c1-5-14-6-8-15(9-7-14)11-20-16(19)17(4)10-12(2)21-13(3)18/h6-9,12H,5,10-11H2,1-4H3. The zero-order valence-corrected chi connectivity index (χ0v) is 13.1. The van der Waals surface area contributed by atoms with Gasteiger partial charge in [0.05, 0.1) is 6.54 Å². The number of nitrogens with zero attached hydrogens (tertiary/aromatic N) is 1. The summed E-state index contributed by atoms with van der Waals surface area (Å²) in [5.41, 5.74) is 2.19. The van der Waals surface area contributed by atoms with Gasteiger partial charge in [0, 0.05) is 14.0 Å². The minimum atomic E-state index is -0.437. The highest BCUT2D eigenvalue weighted by Crippen LogP contribution is 2.07. The smallest absolute Gasteiger partial charge is 0.409 e. The maximum absolute atomic E-state index is 11.8. The second-order valence-electron chi connectivity index (χ2n) is 5.03. The van der Waals surface area contributed by atoms with Crippen LogP contribution in [0, 0.1) is 0 Å². The zero-order chi connectivity index (χ0) is 15.8. The van der Waals surface area contributed by atoms with Crippen LogP contribution >= 0.6 is 0 Å². The molecule has 1 rings (SSSR count). The highest BCUT2D eigenvalue weighted by Gasteiger charge is 2.15. The van der Waals surface area contributed by atoms with E-state index in [2.05, 4.69) is 6.92 Å². The van der Waals surface area contributed by atoms with E-state index in [1.165, 1.54) is 17.4 Å². The third-order valence-corrected chi connectivity index (χ3v) is 3.00. The molecule has 1 aromatic carbocycles. The summed E-state index contributed by atoms with van der Waals surface area (Å²) in [7, 11) is 1.61. The first-order chi connectivity index (χ1) is 9.92. The van der Waals surface area contributed by atoms with Gasteiger partial charge in [-0.3, -0.25) is 4.79 Å². The Kier molecular flexibility index (Phi) is 6.72. The van der Waals surface area contributed by atoms with E-state index in [9.17, 15) is 9.59 Å². The summed E-state index contributed by atoms with van der Waals surface area (Å²) < 4.78 is 10.2. The topological polar surface area (TPSA) is 55.8 Å². The van der Waals surface area contributed by atoms with Crippen molar-refractivity contribution in [1.82, 2.24) is 4.90 Å². The highest BCUT2D eigenvalue weighted by atomic mass is 16.6. The SMILES string of the molecule is CCc1ccc(COC(=O)N(C)CC(C)OC(C)=O)cc1. The summed E-state index contributed by atoms with van der Waals surface area (Å²) in [5, 5.41) is 0. The molecule has 0 N–H and O–H groups in total. The fourth-order valence-corrected chi connectivity index (χ4v) is 1.91. The summed E-state index contributed by atoms with van der Waals surface area (Å²) in [4.78, 5) is 24.0. The summed E-state index contributed by atoms with van der Waals surface area (Å²) in [6, 6.07) is 7.95. The molecule has 1 unspecified atom stereocenters. The molecule has 0 aliphatic carbocycles. The summed E-state index contributed by atoms with van der Waals surface area (Å²) in [6.07, 6.45) is 0.189. The molecule has 0 saturated carbocycles. The molecule has 21 heavy (non-hydrogen) atoms. The second-order valence-corrected chi connectivity index (χ2v) is 5.03. The molecule has 5 heteroatoms. The number of likely N-dealkylation sites (N-methyl/N-ethyl adjacent to an activating group) is 1. The van der Waals surface area contributed by atoms with Gasteiger partial charge in [-0.15, -0.1) is 0 Å². The quantitative estimate of drug-likeness (QED) is 0.757. The maximum atomic E-state index is 11.8. The first kappa shape index (κ1) is 17.0. The van der Waals surface area contributed by atoms with Crippen molar-refractivity contribution in [2.45, 2.75) is 39.9 Å². The van der Waals surface area contributed by atoms with Crippen LogP contribution in [0.15, 0.2) is 24.3 Å². The van der Waals surface area contributed by atoms with Crippen molar-refractivity contribution in [3.05, 3.63) is 35.4 Å².